The second-order valence-electron chi connectivity index (χ2n) is 5.43. The molecule has 2 N–H and O–H groups in total. The van der Waals surface area contributed by atoms with Crippen molar-refractivity contribution in [2.75, 3.05) is 39.3 Å². The number of nitrogens with two attached hydrogens (primary N) is 1. The number of amides is 1. The summed E-state index contributed by atoms with van der Waals surface area (Å²) in [5, 5.41) is 4.24. The van der Waals surface area contributed by atoms with Crippen molar-refractivity contribution in [1.29, 1.82) is 0 Å². The highest BCUT2D eigenvalue weighted by Crippen LogP contribution is 2.12. The van der Waals surface area contributed by atoms with Crippen molar-refractivity contribution >= 4 is 5.91 Å². The molecule has 0 spiro atoms. The van der Waals surface area contributed by atoms with Crippen LogP contribution >= 0.6 is 0 Å². The van der Waals surface area contributed by atoms with Crippen LogP contribution in [0.1, 0.15) is 28.9 Å². The molecule has 1 saturated heterocycles. The molecule has 0 unspecified atom stereocenters. The normalized spacial score (nSPS) is 16.6. The van der Waals surface area contributed by atoms with Crippen LogP contribution in [-0.2, 0) is 7.05 Å². The molecule has 0 bridgehead atoms. The Balaban J connectivity index is 1.84. The molecule has 0 aromatic carbocycles. The standard InChI is InChI=1S/C14H25N5O/c1-12-13(11-17(2)16-12)14(20)19-9-7-18(8-10-19)6-4-3-5-15/h11H,3-10,15H2,1-2H3. The third kappa shape index (κ3) is 3.58. The van der Waals surface area contributed by atoms with Crippen LogP contribution in [0.4, 0.5) is 0 Å². The summed E-state index contributed by atoms with van der Waals surface area (Å²) < 4.78 is 1.70. The highest BCUT2D eigenvalue weighted by Gasteiger charge is 2.24. The summed E-state index contributed by atoms with van der Waals surface area (Å²) in [4.78, 5) is 16.8. The third-order valence-electron chi connectivity index (χ3n) is 3.83. The Morgan fingerprint density at radius 2 is 2.00 bits per heavy atom. The van der Waals surface area contributed by atoms with E-state index in [9.17, 15) is 4.79 Å². The number of carbonyl (C=O) groups excluding carboxylic acids is 1. The van der Waals surface area contributed by atoms with E-state index in [0.29, 0.717) is 0 Å². The Hall–Kier alpha value is -1.40. The Morgan fingerprint density at radius 3 is 2.55 bits per heavy atom. The Kier molecular flexibility index (Phi) is 5.14. The molecule has 1 aromatic rings. The number of piperazine rings is 1. The summed E-state index contributed by atoms with van der Waals surface area (Å²) in [6.45, 7) is 7.25. The minimum Gasteiger partial charge on any atom is -0.336 e. The van der Waals surface area contributed by atoms with Gasteiger partial charge in [-0.2, -0.15) is 5.10 Å². The Bertz CT molecular complexity index is 448. The predicted molar refractivity (Wildman–Crippen MR) is 78.6 cm³/mol. The van der Waals surface area contributed by atoms with Gasteiger partial charge in [-0.25, -0.2) is 0 Å². The van der Waals surface area contributed by atoms with E-state index in [1.165, 1.54) is 0 Å². The lowest BCUT2D eigenvalue weighted by Gasteiger charge is -2.34. The molecule has 1 aliphatic heterocycles. The zero-order chi connectivity index (χ0) is 14.5. The average molecular weight is 279 g/mol. The van der Waals surface area contributed by atoms with E-state index in [1.54, 1.807) is 4.68 Å². The van der Waals surface area contributed by atoms with Gasteiger partial charge >= 0.3 is 0 Å². The first-order chi connectivity index (χ1) is 9.61. The first-order valence-corrected chi connectivity index (χ1v) is 7.33. The van der Waals surface area contributed by atoms with Gasteiger partial charge in [0.25, 0.3) is 5.91 Å². The van der Waals surface area contributed by atoms with Crippen molar-refractivity contribution < 1.29 is 4.79 Å². The van der Waals surface area contributed by atoms with E-state index in [2.05, 4.69) is 10.00 Å². The maximum Gasteiger partial charge on any atom is 0.257 e. The van der Waals surface area contributed by atoms with Crippen LogP contribution in [0.2, 0.25) is 0 Å². The second-order valence-corrected chi connectivity index (χ2v) is 5.43. The first-order valence-electron chi connectivity index (χ1n) is 7.33. The molecule has 2 heterocycles. The molecule has 0 aliphatic carbocycles. The number of aromatic nitrogens is 2. The molecule has 20 heavy (non-hydrogen) atoms. The number of hydrogen-bond donors (Lipinski definition) is 1. The molecule has 0 saturated carbocycles. The maximum absolute atomic E-state index is 12.4. The van der Waals surface area contributed by atoms with E-state index in [0.717, 1.165) is 63.4 Å². The van der Waals surface area contributed by atoms with Gasteiger partial charge in [-0.3, -0.25) is 14.4 Å². The van der Waals surface area contributed by atoms with Gasteiger partial charge < -0.3 is 10.6 Å². The van der Waals surface area contributed by atoms with Crippen molar-refractivity contribution in [2.45, 2.75) is 19.8 Å². The maximum atomic E-state index is 12.4. The molecular weight excluding hydrogens is 254 g/mol. The lowest BCUT2D eigenvalue weighted by atomic mass is 10.2. The monoisotopic (exact) mass is 279 g/mol. The van der Waals surface area contributed by atoms with E-state index in [1.807, 2.05) is 25.1 Å². The minimum atomic E-state index is 0.109. The van der Waals surface area contributed by atoms with Crippen molar-refractivity contribution in [3.8, 4) is 0 Å². The third-order valence-corrected chi connectivity index (χ3v) is 3.83. The number of aryl methyl sites for hydroxylation is 2. The fraction of sp³-hybridized carbons (Fsp3) is 0.714. The van der Waals surface area contributed by atoms with E-state index in [-0.39, 0.29) is 5.91 Å². The predicted octanol–water partition coefficient (Wildman–Crippen LogP) is 0.225. The lowest BCUT2D eigenvalue weighted by Crippen LogP contribution is -2.48. The SMILES string of the molecule is Cc1nn(C)cc1C(=O)N1CCN(CCCCN)CC1. The molecule has 1 aromatic heterocycles. The summed E-state index contributed by atoms with van der Waals surface area (Å²) in [5.41, 5.74) is 7.04. The first kappa shape index (κ1) is 15.0. The highest BCUT2D eigenvalue weighted by atomic mass is 16.2. The fourth-order valence-corrected chi connectivity index (χ4v) is 2.63. The molecule has 1 amide bonds. The Morgan fingerprint density at radius 1 is 1.30 bits per heavy atom. The zero-order valence-corrected chi connectivity index (χ0v) is 12.5. The van der Waals surface area contributed by atoms with Crippen LogP contribution in [0.3, 0.4) is 0 Å². The topological polar surface area (TPSA) is 67.4 Å². The van der Waals surface area contributed by atoms with E-state index >= 15 is 0 Å². The smallest absolute Gasteiger partial charge is 0.257 e. The molecule has 1 fully saturated rings. The van der Waals surface area contributed by atoms with Crippen molar-refractivity contribution in [3.05, 3.63) is 17.5 Å². The summed E-state index contributed by atoms with van der Waals surface area (Å²) in [5.74, 6) is 0.109. The minimum absolute atomic E-state index is 0.109. The molecule has 1 aliphatic rings. The Labute approximate surface area is 120 Å². The number of hydrogen-bond acceptors (Lipinski definition) is 4. The van der Waals surface area contributed by atoms with Crippen LogP contribution in [0.25, 0.3) is 0 Å². The molecule has 0 radical (unpaired) electrons. The molecule has 6 heteroatoms. The van der Waals surface area contributed by atoms with Gasteiger partial charge in [0.05, 0.1) is 11.3 Å². The van der Waals surface area contributed by atoms with Crippen LogP contribution < -0.4 is 5.73 Å². The van der Waals surface area contributed by atoms with Crippen molar-refractivity contribution in [2.24, 2.45) is 12.8 Å². The molecule has 112 valence electrons. The van der Waals surface area contributed by atoms with E-state index in [4.69, 9.17) is 5.73 Å². The fourth-order valence-electron chi connectivity index (χ4n) is 2.63. The van der Waals surface area contributed by atoms with E-state index < -0.39 is 0 Å². The van der Waals surface area contributed by atoms with Crippen LogP contribution in [-0.4, -0.2) is 64.8 Å². The van der Waals surface area contributed by atoms with Gasteiger partial charge in [0.1, 0.15) is 0 Å². The molecule has 6 nitrogen and oxygen atoms in total. The second kappa shape index (κ2) is 6.85. The molecule has 2 rings (SSSR count). The van der Waals surface area contributed by atoms with Crippen LogP contribution in [0.15, 0.2) is 6.20 Å². The number of unbranched alkanes of at least 4 members (excludes halogenated alkanes) is 1. The van der Waals surface area contributed by atoms with Gasteiger partial charge in [-0.1, -0.05) is 0 Å². The van der Waals surface area contributed by atoms with Crippen LogP contribution in [0.5, 0.6) is 0 Å². The number of carbonyl (C=O) groups is 1. The molecular formula is C14H25N5O. The van der Waals surface area contributed by atoms with Gasteiger partial charge in [0.15, 0.2) is 0 Å². The lowest BCUT2D eigenvalue weighted by molar-refractivity contribution is 0.0635. The largest absolute Gasteiger partial charge is 0.336 e. The average Bonchev–Trinajstić information content (AvgIpc) is 2.78. The van der Waals surface area contributed by atoms with Gasteiger partial charge in [0.2, 0.25) is 0 Å². The van der Waals surface area contributed by atoms with Gasteiger partial charge in [-0.05, 0) is 32.9 Å². The van der Waals surface area contributed by atoms with Crippen LogP contribution in [0, 0.1) is 6.92 Å². The van der Waals surface area contributed by atoms with Gasteiger partial charge in [-0.15, -0.1) is 0 Å². The van der Waals surface area contributed by atoms with Crippen molar-refractivity contribution in [1.82, 2.24) is 19.6 Å². The van der Waals surface area contributed by atoms with Crippen molar-refractivity contribution in [3.63, 3.8) is 0 Å². The molecule has 0 atom stereocenters. The zero-order valence-electron chi connectivity index (χ0n) is 12.5. The number of nitrogens with zero attached hydrogens (tertiary/aromatic N) is 4. The summed E-state index contributed by atoms with van der Waals surface area (Å²) in [6, 6.07) is 0. The summed E-state index contributed by atoms with van der Waals surface area (Å²) in [6.07, 6.45) is 4.03. The number of rotatable bonds is 5. The highest BCUT2D eigenvalue weighted by molar-refractivity contribution is 5.95. The quantitative estimate of drug-likeness (QED) is 0.783. The van der Waals surface area contributed by atoms with Gasteiger partial charge in [0, 0.05) is 39.4 Å². The summed E-state index contributed by atoms with van der Waals surface area (Å²) in [7, 11) is 1.85. The summed E-state index contributed by atoms with van der Waals surface area (Å²) >= 11 is 0.